The van der Waals surface area contributed by atoms with Crippen molar-refractivity contribution < 1.29 is 14.4 Å². The fourth-order valence-corrected chi connectivity index (χ4v) is 2.66. The highest BCUT2D eigenvalue weighted by Gasteiger charge is 2.26. The molecule has 6 nitrogen and oxygen atoms in total. The van der Waals surface area contributed by atoms with Crippen molar-refractivity contribution in [3.05, 3.63) is 35.4 Å². The summed E-state index contributed by atoms with van der Waals surface area (Å²) in [6.07, 6.45) is 0.816. The number of aliphatic hydroxyl groups excluding tert-OH is 1. The van der Waals surface area contributed by atoms with E-state index in [1.165, 1.54) is 0 Å². The van der Waals surface area contributed by atoms with Crippen LogP contribution in [0.2, 0.25) is 5.02 Å². The van der Waals surface area contributed by atoms with Crippen LogP contribution >= 0.6 is 11.6 Å². The highest BCUT2D eigenvalue weighted by Crippen LogP contribution is 2.25. The molecular weight excluding hydrogens is 306 g/mol. The minimum absolute atomic E-state index is 0.104. The molecule has 2 heterocycles. The first-order valence-electron chi connectivity index (χ1n) is 7.05. The summed E-state index contributed by atoms with van der Waals surface area (Å²) in [6, 6.07) is 8.63. The number of benzene rings is 1. The Balaban J connectivity index is 1.66. The third kappa shape index (κ3) is 3.23. The Hall–Kier alpha value is -2.05. The van der Waals surface area contributed by atoms with Gasteiger partial charge in [-0.25, -0.2) is 4.79 Å². The normalized spacial score (nSPS) is 17.7. The number of halogens is 1. The van der Waals surface area contributed by atoms with Gasteiger partial charge in [-0.2, -0.15) is 0 Å². The Morgan fingerprint density at radius 1 is 1.50 bits per heavy atom. The van der Waals surface area contributed by atoms with Gasteiger partial charge in [-0.3, -0.25) is 5.32 Å². The fourth-order valence-electron chi connectivity index (χ4n) is 2.47. The number of amides is 2. The summed E-state index contributed by atoms with van der Waals surface area (Å²) in [6.45, 7) is 1.30. The number of aliphatic hydroxyl groups is 1. The number of nitrogens with one attached hydrogen (secondary N) is 1. The maximum atomic E-state index is 12.1. The van der Waals surface area contributed by atoms with Gasteiger partial charge in [0.15, 0.2) is 11.6 Å². The molecule has 2 amide bonds. The number of anilines is 1. The van der Waals surface area contributed by atoms with Crippen molar-refractivity contribution in [2.75, 3.05) is 25.0 Å². The number of likely N-dealkylation sites (tertiary alicyclic amines) is 1. The zero-order valence-electron chi connectivity index (χ0n) is 11.8. The molecule has 1 saturated heterocycles. The third-order valence-electron chi connectivity index (χ3n) is 3.69. The molecule has 1 aliphatic rings. The number of hydrogen-bond acceptors (Lipinski definition) is 4. The monoisotopic (exact) mass is 321 g/mol. The molecule has 0 aliphatic carbocycles. The molecule has 3 rings (SSSR count). The largest absolute Gasteiger partial charge is 0.396 e. The molecule has 2 N–H and O–H groups in total. The molecule has 0 saturated carbocycles. The van der Waals surface area contributed by atoms with Crippen molar-refractivity contribution in [2.24, 2.45) is 5.92 Å². The zero-order valence-corrected chi connectivity index (χ0v) is 12.6. The quantitative estimate of drug-likeness (QED) is 0.911. The average molecular weight is 322 g/mol. The van der Waals surface area contributed by atoms with Gasteiger partial charge >= 0.3 is 6.03 Å². The highest BCUT2D eigenvalue weighted by molar-refractivity contribution is 6.30. The molecule has 1 aliphatic heterocycles. The Labute approximate surface area is 132 Å². The summed E-state index contributed by atoms with van der Waals surface area (Å²) in [5, 5.41) is 16.3. The average Bonchev–Trinajstić information content (AvgIpc) is 3.16. The lowest BCUT2D eigenvalue weighted by atomic mass is 10.1. The summed E-state index contributed by atoms with van der Waals surface area (Å²) in [4.78, 5) is 13.8. The summed E-state index contributed by atoms with van der Waals surface area (Å²) >= 11 is 5.94. The number of hydrogen-bond donors (Lipinski definition) is 2. The molecule has 0 spiro atoms. The molecule has 1 aromatic heterocycles. The number of aromatic nitrogens is 1. The van der Waals surface area contributed by atoms with E-state index in [2.05, 4.69) is 10.5 Å². The van der Waals surface area contributed by atoms with Crippen LogP contribution in [-0.2, 0) is 0 Å². The summed E-state index contributed by atoms with van der Waals surface area (Å²) in [7, 11) is 0. The van der Waals surface area contributed by atoms with Gasteiger partial charge < -0.3 is 14.5 Å². The van der Waals surface area contributed by atoms with Crippen LogP contribution in [0.1, 0.15) is 6.42 Å². The van der Waals surface area contributed by atoms with Crippen LogP contribution in [0.3, 0.4) is 0 Å². The molecular formula is C15H16ClN3O3. The molecule has 116 valence electrons. The molecule has 1 fully saturated rings. The summed E-state index contributed by atoms with van der Waals surface area (Å²) in [5.41, 5.74) is 0.794. The van der Waals surface area contributed by atoms with Crippen LogP contribution in [-0.4, -0.2) is 40.9 Å². The first kappa shape index (κ1) is 14.9. The first-order valence-corrected chi connectivity index (χ1v) is 7.43. The maximum Gasteiger partial charge on any atom is 0.323 e. The minimum Gasteiger partial charge on any atom is -0.396 e. The van der Waals surface area contributed by atoms with E-state index in [1.54, 1.807) is 23.1 Å². The maximum absolute atomic E-state index is 12.1. The lowest BCUT2D eigenvalue weighted by molar-refractivity contribution is 0.208. The van der Waals surface area contributed by atoms with E-state index in [0.717, 1.165) is 12.0 Å². The van der Waals surface area contributed by atoms with E-state index >= 15 is 0 Å². The summed E-state index contributed by atoms with van der Waals surface area (Å²) in [5.74, 6) is 1.05. The molecule has 1 atom stereocenters. The molecule has 2 aromatic rings. The van der Waals surface area contributed by atoms with Crippen molar-refractivity contribution in [3.8, 4) is 11.3 Å². The van der Waals surface area contributed by atoms with Crippen LogP contribution in [0.4, 0.5) is 10.6 Å². The van der Waals surface area contributed by atoms with Crippen molar-refractivity contribution in [3.63, 3.8) is 0 Å². The van der Waals surface area contributed by atoms with Crippen molar-refractivity contribution in [1.82, 2.24) is 10.1 Å². The van der Waals surface area contributed by atoms with Crippen molar-refractivity contribution in [2.45, 2.75) is 6.42 Å². The second-order valence-electron chi connectivity index (χ2n) is 5.30. The van der Waals surface area contributed by atoms with Gasteiger partial charge in [-0.1, -0.05) is 28.9 Å². The van der Waals surface area contributed by atoms with Crippen LogP contribution in [0.5, 0.6) is 0 Å². The van der Waals surface area contributed by atoms with E-state index in [-0.39, 0.29) is 18.6 Å². The summed E-state index contributed by atoms with van der Waals surface area (Å²) < 4.78 is 5.23. The van der Waals surface area contributed by atoms with Crippen molar-refractivity contribution in [1.29, 1.82) is 0 Å². The minimum atomic E-state index is -0.234. The zero-order chi connectivity index (χ0) is 15.5. The van der Waals surface area contributed by atoms with Gasteiger partial charge in [0.1, 0.15) is 0 Å². The molecule has 1 aromatic carbocycles. The van der Waals surface area contributed by atoms with Gasteiger partial charge in [0.2, 0.25) is 0 Å². The molecule has 0 bridgehead atoms. The van der Waals surface area contributed by atoms with Crippen LogP contribution in [0, 0.1) is 5.92 Å². The Kier molecular flexibility index (Phi) is 4.31. The number of rotatable bonds is 3. The van der Waals surface area contributed by atoms with E-state index < -0.39 is 0 Å². The second kappa shape index (κ2) is 6.37. The SMILES string of the molecule is O=C(Nc1cc(-c2cccc(Cl)c2)on1)N1CC[C@H](CO)C1. The molecule has 7 heteroatoms. The van der Waals surface area contributed by atoms with E-state index in [9.17, 15) is 4.79 Å². The van der Waals surface area contributed by atoms with E-state index in [1.807, 2.05) is 12.1 Å². The molecule has 22 heavy (non-hydrogen) atoms. The van der Waals surface area contributed by atoms with Gasteiger partial charge in [0.25, 0.3) is 0 Å². The number of carbonyl (C=O) groups excluding carboxylic acids is 1. The first-order chi connectivity index (χ1) is 10.7. The number of nitrogens with zero attached hydrogens (tertiary/aromatic N) is 2. The molecule has 0 unspecified atom stereocenters. The van der Waals surface area contributed by atoms with Gasteiger partial charge in [-0.15, -0.1) is 0 Å². The smallest absolute Gasteiger partial charge is 0.323 e. The second-order valence-corrected chi connectivity index (χ2v) is 5.74. The predicted octanol–water partition coefficient (Wildman–Crippen LogP) is 2.84. The van der Waals surface area contributed by atoms with Crippen molar-refractivity contribution >= 4 is 23.4 Å². The Morgan fingerprint density at radius 2 is 2.36 bits per heavy atom. The Morgan fingerprint density at radius 3 is 3.09 bits per heavy atom. The van der Waals surface area contributed by atoms with Crippen LogP contribution in [0.25, 0.3) is 11.3 Å². The lowest BCUT2D eigenvalue weighted by Crippen LogP contribution is -2.33. The van der Waals surface area contributed by atoms with Crippen LogP contribution < -0.4 is 5.32 Å². The predicted molar refractivity (Wildman–Crippen MR) is 82.7 cm³/mol. The van der Waals surface area contributed by atoms with Gasteiger partial charge in [0.05, 0.1) is 0 Å². The fraction of sp³-hybridized carbons (Fsp3) is 0.333. The van der Waals surface area contributed by atoms with Crippen LogP contribution in [0.15, 0.2) is 34.9 Å². The third-order valence-corrected chi connectivity index (χ3v) is 3.92. The van der Waals surface area contributed by atoms with Gasteiger partial charge in [0, 0.05) is 42.3 Å². The highest BCUT2D eigenvalue weighted by atomic mass is 35.5. The topological polar surface area (TPSA) is 78.6 Å². The van der Waals surface area contributed by atoms with E-state index in [0.29, 0.717) is 29.7 Å². The van der Waals surface area contributed by atoms with Gasteiger partial charge in [-0.05, 0) is 18.6 Å². The number of urea groups is 1. The Bertz CT molecular complexity index is 674. The van der Waals surface area contributed by atoms with E-state index in [4.69, 9.17) is 21.2 Å². The number of carbonyl (C=O) groups is 1. The standard InChI is InChI=1S/C15H16ClN3O3/c16-12-3-1-2-11(6-12)13-7-14(18-22-13)17-15(21)19-5-4-10(8-19)9-20/h1-3,6-7,10,20H,4-5,8-9H2,(H,17,18,21)/t10-/m0/s1. The lowest BCUT2D eigenvalue weighted by Gasteiger charge is -2.15. The molecule has 0 radical (unpaired) electrons.